The Labute approximate surface area is 249 Å². The summed E-state index contributed by atoms with van der Waals surface area (Å²) >= 11 is 2.88. The van der Waals surface area contributed by atoms with Crippen molar-refractivity contribution in [2.75, 3.05) is 12.9 Å². The molecule has 0 spiro atoms. The summed E-state index contributed by atoms with van der Waals surface area (Å²) < 4.78 is 13.2. The zero-order chi connectivity index (χ0) is 29.8. The summed E-state index contributed by atoms with van der Waals surface area (Å²) in [5.74, 6) is 0.131. The molecule has 0 bridgehead atoms. The molecule has 1 aliphatic heterocycles. The van der Waals surface area contributed by atoms with Crippen LogP contribution in [0.5, 0.6) is 5.75 Å². The SMILES string of the molecule is CCOC(=O)C1=C(C)N=c2s/c(=C\c3ccc(OCc4ccc([N+](=O)[O-])cc4)cc3)c(=O)n2C1c1ccc(SC)cc1. The number of carbonyl (C=O) groups is 1. The highest BCUT2D eigenvalue weighted by atomic mass is 32.2. The van der Waals surface area contributed by atoms with Crippen LogP contribution in [0.25, 0.3) is 6.08 Å². The van der Waals surface area contributed by atoms with Gasteiger partial charge in [0.2, 0.25) is 0 Å². The van der Waals surface area contributed by atoms with Gasteiger partial charge in [-0.25, -0.2) is 9.79 Å². The highest BCUT2D eigenvalue weighted by Crippen LogP contribution is 2.31. The monoisotopic (exact) mass is 601 g/mol. The number of nitrogens with zero attached hydrogens (tertiary/aromatic N) is 3. The normalized spacial score (nSPS) is 14.7. The first kappa shape index (κ1) is 29.0. The Balaban J connectivity index is 1.45. The van der Waals surface area contributed by atoms with E-state index in [0.717, 1.165) is 21.6 Å². The van der Waals surface area contributed by atoms with Crippen LogP contribution in [-0.2, 0) is 16.1 Å². The van der Waals surface area contributed by atoms with E-state index < -0.39 is 16.9 Å². The number of rotatable bonds is 9. The van der Waals surface area contributed by atoms with Gasteiger partial charge in [0.15, 0.2) is 4.80 Å². The second kappa shape index (κ2) is 12.6. The molecule has 0 saturated heterocycles. The van der Waals surface area contributed by atoms with Crippen LogP contribution in [0.3, 0.4) is 0 Å². The van der Waals surface area contributed by atoms with Gasteiger partial charge in [0.05, 0.1) is 33.4 Å². The third-order valence-corrected chi connectivity index (χ3v) is 8.41. The van der Waals surface area contributed by atoms with Gasteiger partial charge in [-0.1, -0.05) is 35.6 Å². The molecular formula is C31H27N3O6S2. The molecule has 4 aromatic rings. The Morgan fingerprint density at radius 2 is 1.79 bits per heavy atom. The summed E-state index contributed by atoms with van der Waals surface area (Å²) in [5, 5.41) is 10.8. The molecule has 1 unspecified atom stereocenters. The molecule has 1 atom stereocenters. The number of thiazole rings is 1. The zero-order valence-electron chi connectivity index (χ0n) is 23.1. The van der Waals surface area contributed by atoms with E-state index in [0.29, 0.717) is 26.4 Å². The van der Waals surface area contributed by atoms with E-state index in [1.165, 1.54) is 23.5 Å². The third kappa shape index (κ3) is 6.07. The number of hydrogen-bond donors (Lipinski definition) is 0. The molecule has 5 rings (SSSR count). The number of aromatic nitrogens is 1. The first-order valence-corrected chi connectivity index (χ1v) is 15.1. The van der Waals surface area contributed by atoms with Crippen LogP contribution in [0, 0.1) is 10.1 Å². The average molecular weight is 602 g/mol. The maximum atomic E-state index is 13.8. The molecule has 0 amide bonds. The molecule has 2 heterocycles. The quantitative estimate of drug-likeness (QED) is 0.115. The van der Waals surface area contributed by atoms with Gasteiger partial charge in [-0.15, -0.1) is 11.8 Å². The van der Waals surface area contributed by atoms with Crippen molar-refractivity contribution in [1.82, 2.24) is 4.57 Å². The third-order valence-electron chi connectivity index (χ3n) is 6.68. The van der Waals surface area contributed by atoms with Crippen molar-refractivity contribution in [2.24, 2.45) is 4.99 Å². The van der Waals surface area contributed by atoms with E-state index in [9.17, 15) is 19.7 Å². The molecule has 0 aliphatic carbocycles. The van der Waals surface area contributed by atoms with Gasteiger partial charge in [0, 0.05) is 17.0 Å². The van der Waals surface area contributed by atoms with Crippen LogP contribution in [0.2, 0.25) is 0 Å². The number of benzene rings is 3. The van der Waals surface area contributed by atoms with Gasteiger partial charge in [-0.3, -0.25) is 19.5 Å². The summed E-state index contributed by atoms with van der Waals surface area (Å²) in [7, 11) is 0. The molecule has 0 fully saturated rings. The summed E-state index contributed by atoms with van der Waals surface area (Å²) in [6.07, 6.45) is 3.78. The summed E-state index contributed by atoms with van der Waals surface area (Å²) in [5.41, 5.74) is 3.06. The maximum Gasteiger partial charge on any atom is 0.338 e. The fourth-order valence-electron chi connectivity index (χ4n) is 4.59. The number of non-ortho nitro benzene ring substituents is 1. The molecule has 3 aromatic carbocycles. The first-order chi connectivity index (χ1) is 20.3. The number of nitro groups is 1. The van der Waals surface area contributed by atoms with Gasteiger partial charge >= 0.3 is 5.97 Å². The lowest BCUT2D eigenvalue weighted by Gasteiger charge is -2.24. The lowest BCUT2D eigenvalue weighted by molar-refractivity contribution is -0.384. The average Bonchev–Trinajstić information content (AvgIpc) is 3.30. The van der Waals surface area contributed by atoms with E-state index in [1.54, 1.807) is 60.5 Å². The highest BCUT2D eigenvalue weighted by molar-refractivity contribution is 7.98. The fraction of sp³-hybridized carbons (Fsp3) is 0.194. The van der Waals surface area contributed by atoms with Gasteiger partial charge in [0.25, 0.3) is 11.2 Å². The molecular weight excluding hydrogens is 574 g/mol. The van der Waals surface area contributed by atoms with Crippen LogP contribution in [-0.4, -0.2) is 28.3 Å². The van der Waals surface area contributed by atoms with Crippen LogP contribution < -0.4 is 19.6 Å². The number of allylic oxidation sites excluding steroid dienone is 1. The minimum Gasteiger partial charge on any atom is -0.489 e. The fourth-order valence-corrected chi connectivity index (χ4v) is 6.04. The molecule has 0 N–H and O–H groups in total. The smallest absolute Gasteiger partial charge is 0.338 e. The number of ether oxygens (including phenoxy) is 2. The Hall–Kier alpha value is -4.48. The minimum absolute atomic E-state index is 0.0282. The van der Waals surface area contributed by atoms with Crippen molar-refractivity contribution < 1.29 is 19.2 Å². The van der Waals surface area contributed by atoms with E-state index in [4.69, 9.17) is 9.47 Å². The summed E-state index contributed by atoms with van der Waals surface area (Å²) in [6, 6.07) is 20.6. The van der Waals surface area contributed by atoms with Gasteiger partial charge in [-0.2, -0.15) is 0 Å². The van der Waals surface area contributed by atoms with Crippen LogP contribution >= 0.6 is 23.1 Å². The lowest BCUT2D eigenvalue weighted by Crippen LogP contribution is -2.39. The predicted molar refractivity (Wildman–Crippen MR) is 162 cm³/mol. The minimum atomic E-state index is -0.659. The van der Waals surface area contributed by atoms with Crippen molar-refractivity contribution >= 4 is 40.8 Å². The lowest BCUT2D eigenvalue weighted by atomic mass is 9.96. The van der Waals surface area contributed by atoms with Crippen LogP contribution in [0.4, 0.5) is 5.69 Å². The van der Waals surface area contributed by atoms with E-state index >= 15 is 0 Å². The zero-order valence-corrected chi connectivity index (χ0v) is 24.7. The van der Waals surface area contributed by atoms with E-state index in [-0.39, 0.29) is 24.5 Å². The number of nitro benzene ring substituents is 1. The van der Waals surface area contributed by atoms with Crippen molar-refractivity contribution in [3.63, 3.8) is 0 Å². The topological polar surface area (TPSA) is 113 Å². The molecule has 0 saturated carbocycles. The highest BCUT2D eigenvalue weighted by Gasteiger charge is 2.33. The van der Waals surface area contributed by atoms with Crippen LogP contribution in [0.1, 0.15) is 36.6 Å². The van der Waals surface area contributed by atoms with Gasteiger partial charge in [-0.05, 0) is 79.3 Å². The van der Waals surface area contributed by atoms with Crippen molar-refractivity contribution in [1.29, 1.82) is 0 Å². The largest absolute Gasteiger partial charge is 0.489 e. The Morgan fingerprint density at radius 1 is 1.10 bits per heavy atom. The van der Waals surface area contributed by atoms with E-state index in [2.05, 4.69) is 4.99 Å². The van der Waals surface area contributed by atoms with Gasteiger partial charge < -0.3 is 9.47 Å². The first-order valence-electron chi connectivity index (χ1n) is 13.1. The Kier molecular flexibility index (Phi) is 8.69. The Bertz CT molecular complexity index is 1840. The molecule has 1 aromatic heterocycles. The molecule has 11 heteroatoms. The Morgan fingerprint density at radius 3 is 2.40 bits per heavy atom. The second-order valence-corrected chi connectivity index (χ2v) is 11.2. The van der Waals surface area contributed by atoms with Crippen LogP contribution in [0.15, 0.2) is 98.7 Å². The molecule has 9 nitrogen and oxygen atoms in total. The van der Waals surface area contributed by atoms with Crippen molar-refractivity contribution in [3.05, 3.63) is 131 Å². The standard InChI is InChI=1S/C31H27N3O6S2/c1-4-39-30(36)27-19(2)32-31-33(28(27)22-9-15-25(41-3)16-10-22)29(35)26(42-31)17-20-7-13-24(14-8-20)40-18-21-5-11-23(12-6-21)34(37)38/h5-17,28H,4,18H2,1-3H3/b26-17-. The molecule has 214 valence electrons. The second-order valence-electron chi connectivity index (χ2n) is 9.36. The van der Waals surface area contributed by atoms with Crippen molar-refractivity contribution in [2.45, 2.75) is 31.4 Å². The number of esters is 1. The van der Waals surface area contributed by atoms with Crippen molar-refractivity contribution in [3.8, 4) is 5.75 Å². The maximum absolute atomic E-state index is 13.8. The number of fused-ring (bicyclic) bond motifs is 1. The number of carbonyl (C=O) groups excluding carboxylic acids is 1. The number of hydrogen-bond acceptors (Lipinski definition) is 9. The summed E-state index contributed by atoms with van der Waals surface area (Å²) in [6.45, 7) is 3.99. The predicted octanol–water partition coefficient (Wildman–Crippen LogP) is 5.01. The van der Waals surface area contributed by atoms with E-state index in [1.807, 2.05) is 42.7 Å². The number of thioether (sulfide) groups is 1. The van der Waals surface area contributed by atoms with Gasteiger partial charge in [0.1, 0.15) is 12.4 Å². The summed E-state index contributed by atoms with van der Waals surface area (Å²) in [4.78, 5) is 43.4. The molecule has 42 heavy (non-hydrogen) atoms. The molecule has 0 radical (unpaired) electrons. The molecule has 1 aliphatic rings.